The smallest absolute Gasteiger partial charge is 0.255 e. The Morgan fingerprint density at radius 2 is 2.19 bits per heavy atom. The van der Waals surface area contributed by atoms with Gasteiger partial charge >= 0.3 is 0 Å². The second kappa shape index (κ2) is 6.43. The molecule has 0 fully saturated rings. The van der Waals surface area contributed by atoms with Crippen LogP contribution < -0.4 is 5.32 Å². The van der Waals surface area contributed by atoms with Crippen LogP contribution in [-0.2, 0) is 0 Å². The molecule has 2 N–H and O–H groups in total. The molecule has 1 rings (SSSR count). The second-order valence-electron chi connectivity index (χ2n) is 3.61. The number of phenolic OH excluding ortho intramolecular Hbond substituents is 1. The maximum atomic E-state index is 11.7. The van der Waals surface area contributed by atoms with Gasteiger partial charge < -0.3 is 10.4 Å². The van der Waals surface area contributed by atoms with Crippen molar-refractivity contribution in [3.63, 3.8) is 0 Å². The molecule has 1 unspecified atom stereocenters. The lowest BCUT2D eigenvalue weighted by Crippen LogP contribution is -2.26. The van der Waals surface area contributed by atoms with Gasteiger partial charge in [-0.3, -0.25) is 4.79 Å². The van der Waals surface area contributed by atoms with Crippen molar-refractivity contribution in [1.29, 1.82) is 0 Å². The first-order valence-corrected chi connectivity index (χ1v) is 6.53. The molecule has 0 bridgehead atoms. The predicted molar refractivity (Wildman–Crippen MR) is 68.0 cm³/mol. The average Bonchev–Trinajstić information content (AvgIpc) is 2.29. The Labute approximate surface area is 100 Å². The predicted octanol–water partition coefficient (Wildman–Crippen LogP) is 2.26. The molecule has 0 aliphatic heterocycles. The third-order valence-electron chi connectivity index (χ3n) is 2.39. The van der Waals surface area contributed by atoms with Crippen LogP contribution in [0.25, 0.3) is 0 Å². The molecule has 0 aromatic heterocycles. The van der Waals surface area contributed by atoms with Crippen molar-refractivity contribution in [2.45, 2.75) is 18.6 Å². The molecule has 0 spiro atoms. The summed E-state index contributed by atoms with van der Waals surface area (Å²) in [6.45, 7) is 2.76. The molecule has 1 aromatic rings. The lowest BCUT2D eigenvalue weighted by Gasteiger charge is -2.09. The Hall–Kier alpha value is -1.16. The van der Waals surface area contributed by atoms with Crippen LogP contribution in [0.5, 0.6) is 5.75 Å². The number of thioether (sulfide) groups is 1. The van der Waals surface area contributed by atoms with Crippen LogP contribution in [0.1, 0.15) is 23.7 Å². The number of aromatic hydroxyl groups is 1. The summed E-state index contributed by atoms with van der Waals surface area (Å²) < 4.78 is 0. The summed E-state index contributed by atoms with van der Waals surface area (Å²) in [6.07, 6.45) is 2.98. The number of para-hydroxylation sites is 1. The van der Waals surface area contributed by atoms with Crippen LogP contribution in [0.15, 0.2) is 24.3 Å². The molecule has 0 saturated heterocycles. The Bertz CT molecular complexity index is 355. The van der Waals surface area contributed by atoms with E-state index in [0.29, 0.717) is 17.4 Å². The number of rotatable bonds is 5. The van der Waals surface area contributed by atoms with Gasteiger partial charge in [0.25, 0.3) is 5.91 Å². The molecule has 1 amide bonds. The highest BCUT2D eigenvalue weighted by Crippen LogP contribution is 2.15. The standard InChI is InChI=1S/C12H17NO2S/c1-9(16-2)7-8-13-12(15)10-5-3-4-6-11(10)14/h3-6,9,14H,7-8H2,1-2H3,(H,13,15). The fourth-order valence-corrected chi connectivity index (χ4v) is 1.62. The van der Waals surface area contributed by atoms with Crippen molar-refractivity contribution < 1.29 is 9.90 Å². The third-order valence-corrected chi connectivity index (χ3v) is 3.43. The van der Waals surface area contributed by atoms with Gasteiger partial charge in [-0.1, -0.05) is 19.1 Å². The lowest BCUT2D eigenvalue weighted by atomic mass is 10.2. The number of benzene rings is 1. The summed E-state index contributed by atoms with van der Waals surface area (Å²) in [4.78, 5) is 11.7. The summed E-state index contributed by atoms with van der Waals surface area (Å²) in [6, 6.07) is 6.56. The Morgan fingerprint density at radius 3 is 2.81 bits per heavy atom. The van der Waals surface area contributed by atoms with E-state index in [-0.39, 0.29) is 11.7 Å². The minimum atomic E-state index is -0.216. The summed E-state index contributed by atoms with van der Waals surface area (Å²) in [7, 11) is 0. The molecule has 1 aromatic carbocycles. The van der Waals surface area contributed by atoms with Crippen molar-refractivity contribution in [2.75, 3.05) is 12.8 Å². The van der Waals surface area contributed by atoms with E-state index in [0.717, 1.165) is 6.42 Å². The van der Waals surface area contributed by atoms with E-state index < -0.39 is 0 Å². The van der Waals surface area contributed by atoms with Crippen molar-refractivity contribution in [2.24, 2.45) is 0 Å². The number of phenols is 1. The number of hydrogen-bond donors (Lipinski definition) is 2. The molecule has 0 aliphatic carbocycles. The Balaban J connectivity index is 2.44. The number of carbonyl (C=O) groups excluding carboxylic acids is 1. The van der Waals surface area contributed by atoms with Crippen LogP contribution in [0, 0.1) is 0 Å². The van der Waals surface area contributed by atoms with Crippen LogP contribution in [-0.4, -0.2) is 29.1 Å². The molecule has 0 saturated carbocycles. The van der Waals surface area contributed by atoms with E-state index in [1.54, 1.807) is 30.0 Å². The third kappa shape index (κ3) is 3.77. The van der Waals surface area contributed by atoms with Gasteiger partial charge in [0, 0.05) is 11.8 Å². The van der Waals surface area contributed by atoms with Gasteiger partial charge in [-0.2, -0.15) is 11.8 Å². The average molecular weight is 239 g/mol. The zero-order valence-electron chi connectivity index (χ0n) is 9.56. The molecule has 3 nitrogen and oxygen atoms in total. The van der Waals surface area contributed by atoms with Gasteiger partial charge in [0.15, 0.2) is 0 Å². The molecule has 1 atom stereocenters. The van der Waals surface area contributed by atoms with Gasteiger partial charge in [0.2, 0.25) is 0 Å². The maximum Gasteiger partial charge on any atom is 0.255 e. The molecule has 88 valence electrons. The zero-order chi connectivity index (χ0) is 12.0. The van der Waals surface area contributed by atoms with Crippen molar-refractivity contribution in [3.8, 4) is 5.75 Å². The van der Waals surface area contributed by atoms with Crippen molar-refractivity contribution in [1.82, 2.24) is 5.32 Å². The van der Waals surface area contributed by atoms with E-state index in [1.807, 2.05) is 0 Å². The molecular weight excluding hydrogens is 222 g/mol. The van der Waals surface area contributed by atoms with Gasteiger partial charge in [-0.05, 0) is 24.8 Å². The molecular formula is C12H17NO2S. The highest BCUT2D eigenvalue weighted by molar-refractivity contribution is 7.99. The van der Waals surface area contributed by atoms with Crippen molar-refractivity contribution >= 4 is 17.7 Å². The minimum absolute atomic E-state index is 0.0258. The van der Waals surface area contributed by atoms with Crippen LogP contribution in [0.4, 0.5) is 0 Å². The number of amides is 1. The van der Waals surface area contributed by atoms with Crippen LogP contribution >= 0.6 is 11.8 Å². The van der Waals surface area contributed by atoms with E-state index in [1.165, 1.54) is 6.07 Å². The first-order chi connectivity index (χ1) is 7.65. The molecule has 0 aliphatic rings. The molecule has 4 heteroatoms. The van der Waals surface area contributed by atoms with Gasteiger partial charge in [0.1, 0.15) is 5.75 Å². The fourth-order valence-electron chi connectivity index (χ4n) is 1.27. The van der Waals surface area contributed by atoms with E-state index in [2.05, 4.69) is 18.5 Å². The normalized spacial score (nSPS) is 12.1. The van der Waals surface area contributed by atoms with E-state index >= 15 is 0 Å². The van der Waals surface area contributed by atoms with Gasteiger partial charge in [0.05, 0.1) is 5.56 Å². The number of hydrogen-bond acceptors (Lipinski definition) is 3. The highest BCUT2D eigenvalue weighted by atomic mass is 32.2. The topological polar surface area (TPSA) is 49.3 Å². The first-order valence-electron chi connectivity index (χ1n) is 5.24. The second-order valence-corrected chi connectivity index (χ2v) is 4.88. The highest BCUT2D eigenvalue weighted by Gasteiger charge is 2.09. The summed E-state index contributed by atoms with van der Waals surface area (Å²) >= 11 is 1.77. The first kappa shape index (κ1) is 12.9. The molecule has 0 heterocycles. The molecule has 16 heavy (non-hydrogen) atoms. The summed E-state index contributed by atoms with van der Waals surface area (Å²) in [5.74, 6) is -0.190. The van der Waals surface area contributed by atoms with Gasteiger partial charge in [-0.15, -0.1) is 0 Å². The Morgan fingerprint density at radius 1 is 1.50 bits per heavy atom. The molecule has 0 radical (unpaired) electrons. The largest absolute Gasteiger partial charge is 0.507 e. The van der Waals surface area contributed by atoms with E-state index in [9.17, 15) is 9.90 Å². The summed E-state index contributed by atoms with van der Waals surface area (Å²) in [5.41, 5.74) is 0.333. The minimum Gasteiger partial charge on any atom is -0.507 e. The van der Waals surface area contributed by atoms with E-state index in [4.69, 9.17) is 0 Å². The van der Waals surface area contributed by atoms with Gasteiger partial charge in [-0.25, -0.2) is 0 Å². The fraction of sp³-hybridized carbons (Fsp3) is 0.417. The van der Waals surface area contributed by atoms with Crippen molar-refractivity contribution in [3.05, 3.63) is 29.8 Å². The Kier molecular flexibility index (Phi) is 5.19. The lowest BCUT2D eigenvalue weighted by molar-refractivity contribution is 0.0950. The maximum absolute atomic E-state index is 11.7. The van der Waals surface area contributed by atoms with Crippen LogP contribution in [0.2, 0.25) is 0 Å². The zero-order valence-corrected chi connectivity index (χ0v) is 10.4. The number of nitrogens with one attached hydrogen (secondary N) is 1. The quantitative estimate of drug-likeness (QED) is 0.828. The summed E-state index contributed by atoms with van der Waals surface area (Å²) in [5, 5.41) is 12.8. The number of carbonyl (C=O) groups is 1. The monoisotopic (exact) mass is 239 g/mol. The van der Waals surface area contributed by atoms with Crippen LogP contribution in [0.3, 0.4) is 0 Å². The SMILES string of the molecule is CSC(C)CCNC(=O)c1ccccc1O.